The second-order valence-corrected chi connectivity index (χ2v) is 4.10. The lowest BCUT2D eigenvalue weighted by atomic mass is 10.1. The first kappa shape index (κ1) is 12.6. The van der Waals surface area contributed by atoms with Gasteiger partial charge in [-0.1, -0.05) is 0 Å². The molecule has 4 heteroatoms. The Morgan fingerprint density at radius 2 is 2.19 bits per heavy atom. The van der Waals surface area contributed by atoms with Gasteiger partial charge in [0.15, 0.2) is 6.29 Å². The van der Waals surface area contributed by atoms with Gasteiger partial charge in [-0.2, -0.15) is 0 Å². The average Bonchev–Trinajstić information content (AvgIpc) is 2.30. The van der Waals surface area contributed by atoms with Crippen molar-refractivity contribution in [3.05, 3.63) is 24.0 Å². The maximum atomic E-state index is 10.4. The summed E-state index contributed by atoms with van der Waals surface area (Å²) in [5.74, 6) is 0.664. The van der Waals surface area contributed by atoms with E-state index in [0.29, 0.717) is 24.3 Å². The minimum absolute atomic E-state index is 0.184. The summed E-state index contributed by atoms with van der Waals surface area (Å²) in [6.07, 6.45) is 3.04. The van der Waals surface area contributed by atoms with E-state index in [1.807, 2.05) is 13.8 Å². The maximum Gasteiger partial charge on any atom is 0.168 e. The van der Waals surface area contributed by atoms with Crippen LogP contribution in [-0.4, -0.2) is 30.6 Å². The number of aromatic nitrogens is 1. The van der Waals surface area contributed by atoms with Crippen LogP contribution < -0.4 is 4.74 Å². The molecule has 1 aromatic rings. The van der Waals surface area contributed by atoms with E-state index in [1.165, 1.54) is 0 Å². The number of nitrogens with zero attached hydrogens (tertiary/aromatic N) is 1. The molecule has 0 spiro atoms. The lowest BCUT2D eigenvalue weighted by molar-refractivity contribution is 0.00543. The second-order valence-electron chi connectivity index (χ2n) is 4.10. The number of hydrogen-bond acceptors (Lipinski definition) is 4. The Morgan fingerprint density at radius 1 is 1.44 bits per heavy atom. The maximum absolute atomic E-state index is 10.4. The van der Waals surface area contributed by atoms with Crippen molar-refractivity contribution in [1.29, 1.82) is 0 Å². The molecule has 4 nitrogen and oxygen atoms in total. The molecule has 16 heavy (non-hydrogen) atoms. The number of ether oxygens (including phenoxy) is 2. The SMILES string of the molecule is COC(C)(C)CCOc1ccc(C=O)nc1. The van der Waals surface area contributed by atoms with E-state index in [-0.39, 0.29) is 5.60 Å². The lowest BCUT2D eigenvalue weighted by Crippen LogP contribution is -2.25. The van der Waals surface area contributed by atoms with Gasteiger partial charge in [-0.25, -0.2) is 4.98 Å². The van der Waals surface area contributed by atoms with Crippen molar-refractivity contribution in [3.63, 3.8) is 0 Å². The summed E-state index contributed by atoms with van der Waals surface area (Å²) < 4.78 is 10.8. The lowest BCUT2D eigenvalue weighted by Gasteiger charge is -2.22. The highest BCUT2D eigenvalue weighted by atomic mass is 16.5. The normalized spacial score (nSPS) is 11.2. The van der Waals surface area contributed by atoms with Crippen LogP contribution in [0.25, 0.3) is 0 Å². The third-order valence-electron chi connectivity index (χ3n) is 2.41. The summed E-state index contributed by atoms with van der Waals surface area (Å²) in [6.45, 7) is 4.57. The number of pyridine rings is 1. The molecule has 0 aliphatic heterocycles. The first-order chi connectivity index (χ1) is 7.57. The summed E-state index contributed by atoms with van der Waals surface area (Å²) >= 11 is 0. The molecule has 0 aromatic carbocycles. The predicted octanol–water partition coefficient (Wildman–Crippen LogP) is 2.09. The van der Waals surface area contributed by atoms with Gasteiger partial charge in [0, 0.05) is 13.5 Å². The van der Waals surface area contributed by atoms with Crippen LogP contribution in [0, 0.1) is 0 Å². The van der Waals surface area contributed by atoms with Gasteiger partial charge < -0.3 is 9.47 Å². The van der Waals surface area contributed by atoms with Crippen LogP contribution in [0.15, 0.2) is 18.3 Å². The van der Waals surface area contributed by atoms with E-state index >= 15 is 0 Å². The van der Waals surface area contributed by atoms with E-state index < -0.39 is 0 Å². The fourth-order valence-electron chi connectivity index (χ4n) is 1.06. The number of rotatable bonds is 6. The number of aldehydes is 1. The van der Waals surface area contributed by atoms with E-state index in [4.69, 9.17) is 9.47 Å². The van der Waals surface area contributed by atoms with Crippen LogP contribution in [-0.2, 0) is 4.74 Å². The number of methoxy groups -OCH3 is 1. The molecule has 1 aromatic heterocycles. The van der Waals surface area contributed by atoms with Crippen molar-refractivity contribution in [2.75, 3.05) is 13.7 Å². The van der Waals surface area contributed by atoms with Crippen molar-refractivity contribution in [3.8, 4) is 5.75 Å². The van der Waals surface area contributed by atoms with Gasteiger partial charge in [-0.3, -0.25) is 4.79 Å². The topological polar surface area (TPSA) is 48.4 Å². The van der Waals surface area contributed by atoms with Gasteiger partial charge in [0.05, 0.1) is 18.4 Å². The Labute approximate surface area is 95.6 Å². The average molecular weight is 223 g/mol. The summed E-state index contributed by atoms with van der Waals surface area (Å²) in [5.41, 5.74) is 0.223. The zero-order valence-corrected chi connectivity index (χ0v) is 9.90. The van der Waals surface area contributed by atoms with E-state index in [2.05, 4.69) is 4.98 Å². The molecule has 1 heterocycles. The zero-order valence-electron chi connectivity index (χ0n) is 9.90. The Balaban J connectivity index is 2.40. The van der Waals surface area contributed by atoms with Gasteiger partial charge in [-0.05, 0) is 26.0 Å². The number of carbonyl (C=O) groups excluding carboxylic acids is 1. The standard InChI is InChI=1S/C12H17NO3/c1-12(2,15-3)6-7-16-11-5-4-10(9-14)13-8-11/h4-5,8-9H,6-7H2,1-3H3. The Bertz CT molecular complexity index is 333. The Hall–Kier alpha value is -1.42. The molecular weight excluding hydrogens is 206 g/mol. The van der Waals surface area contributed by atoms with Gasteiger partial charge in [0.25, 0.3) is 0 Å². The molecular formula is C12H17NO3. The number of hydrogen-bond donors (Lipinski definition) is 0. The molecule has 0 bridgehead atoms. The summed E-state index contributed by atoms with van der Waals surface area (Å²) in [5, 5.41) is 0. The predicted molar refractivity (Wildman–Crippen MR) is 60.8 cm³/mol. The van der Waals surface area contributed by atoms with Crippen LogP contribution in [0.3, 0.4) is 0 Å². The van der Waals surface area contributed by atoms with Crippen molar-refractivity contribution in [2.24, 2.45) is 0 Å². The van der Waals surface area contributed by atoms with Gasteiger partial charge >= 0.3 is 0 Å². The zero-order chi connectivity index (χ0) is 12.0. The summed E-state index contributed by atoms with van der Waals surface area (Å²) in [4.78, 5) is 14.3. The second kappa shape index (κ2) is 5.61. The van der Waals surface area contributed by atoms with Crippen molar-refractivity contribution in [1.82, 2.24) is 4.98 Å². The minimum Gasteiger partial charge on any atom is -0.492 e. The summed E-state index contributed by atoms with van der Waals surface area (Å²) in [6, 6.07) is 3.36. The third kappa shape index (κ3) is 3.98. The molecule has 1 rings (SSSR count). The molecule has 0 aliphatic carbocycles. The van der Waals surface area contributed by atoms with Crippen LogP contribution in [0.5, 0.6) is 5.75 Å². The first-order valence-corrected chi connectivity index (χ1v) is 5.16. The molecule has 0 amide bonds. The highest BCUT2D eigenvalue weighted by molar-refractivity contribution is 5.71. The molecule has 0 fully saturated rings. The van der Waals surface area contributed by atoms with Gasteiger partial charge in [-0.15, -0.1) is 0 Å². The summed E-state index contributed by atoms with van der Waals surface area (Å²) in [7, 11) is 1.68. The highest BCUT2D eigenvalue weighted by Gasteiger charge is 2.15. The van der Waals surface area contributed by atoms with Crippen molar-refractivity contribution in [2.45, 2.75) is 25.9 Å². The molecule has 0 N–H and O–H groups in total. The van der Waals surface area contributed by atoms with E-state index in [9.17, 15) is 4.79 Å². The largest absolute Gasteiger partial charge is 0.492 e. The van der Waals surface area contributed by atoms with Crippen LogP contribution in [0.1, 0.15) is 30.8 Å². The first-order valence-electron chi connectivity index (χ1n) is 5.16. The molecule has 0 saturated heterocycles. The van der Waals surface area contributed by atoms with Crippen LogP contribution >= 0.6 is 0 Å². The molecule has 0 unspecified atom stereocenters. The quantitative estimate of drug-likeness (QED) is 0.693. The smallest absolute Gasteiger partial charge is 0.168 e. The Kier molecular flexibility index (Phi) is 4.43. The van der Waals surface area contributed by atoms with Gasteiger partial charge in [0.1, 0.15) is 11.4 Å². The highest BCUT2D eigenvalue weighted by Crippen LogP contribution is 2.14. The molecule has 0 saturated carbocycles. The molecule has 0 atom stereocenters. The number of carbonyl (C=O) groups is 1. The molecule has 0 radical (unpaired) electrons. The fraction of sp³-hybridized carbons (Fsp3) is 0.500. The monoisotopic (exact) mass is 223 g/mol. The molecule has 0 aliphatic rings. The van der Waals surface area contributed by atoms with Crippen molar-refractivity contribution < 1.29 is 14.3 Å². The van der Waals surface area contributed by atoms with Crippen molar-refractivity contribution >= 4 is 6.29 Å². The Morgan fingerprint density at radius 3 is 2.69 bits per heavy atom. The third-order valence-corrected chi connectivity index (χ3v) is 2.41. The fourth-order valence-corrected chi connectivity index (χ4v) is 1.06. The van der Waals surface area contributed by atoms with E-state index in [1.54, 1.807) is 25.4 Å². The molecule has 88 valence electrons. The van der Waals surface area contributed by atoms with E-state index in [0.717, 1.165) is 6.42 Å². The minimum atomic E-state index is -0.184. The van der Waals surface area contributed by atoms with Crippen LogP contribution in [0.4, 0.5) is 0 Å². The van der Waals surface area contributed by atoms with Crippen LogP contribution in [0.2, 0.25) is 0 Å². The van der Waals surface area contributed by atoms with Gasteiger partial charge in [0.2, 0.25) is 0 Å².